The van der Waals surface area contributed by atoms with Gasteiger partial charge in [0.15, 0.2) is 0 Å². The van der Waals surface area contributed by atoms with Crippen molar-refractivity contribution in [3.8, 4) is 0 Å². The van der Waals surface area contributed by atoms with Crippen LogP contribution in [0.4, 0.5) is 4.79 Å². The molecule has 0 fully saturated rings. The second-order valence-electron chi connectivity index (χ2n) is 4.79. The van der Waals surface area contributed by atoms with Crippen molar-refractivity contribution in [3.05, 3.63) is 23.5 Å². The van der Waals surface area contributed by atoms with Gasteiger partial charge in [-0.05, 0) is 58.7 Å². The van der Waals surface area contributed by atoms with Gasteiger partial charge in [0.2, 0.25) is 0 Å². The summed E-state index contributed by atoms with van der Waals surface area (Å²) >= 11 is 1.23. The first kappa shape index (κ1) is 13.8. The fraction of sp³-hybridized carbons (Fsp3) is 0.500. The number of amides is 1. The standard InChI is InChI=1S/C12H18N2O2S/c1-8-6-10(7-9(2)13-8)17-14-11(15)16-12(3,4)5/h6-7H,1-5H3,(H,14,15). The fourth-order valence-electron chi connectivity index (χ4n) is 1.25. The Kier molecular flexibility index (Phi) is 4.40. The summed E-state index contributed by atoms with van der Waals surface area (Å²) in [6, 6.07) is 3.82. The number of nitrogens with zero attached hydrogens (tertiary/aromatic N) is 1. The number of hydrogen-bond donors (Lipinski definition) is 1. The minimum atomic E-state index is -0.477. The molecule has 0 radical (unpaired) electrons. The van der Waals surface area contributed by atoms with Gasteiger partial charge in [0.25, 0.3) is 0 Å². The zero-order valence-corrected chi connectivity index (χ0v) is 11.6. The van der Waals surface area contributed by atoms with Crippen LogP contribution in [0, 0.1) is 13.8 Å². The van der Waals surface area contributed by atoms with Crippen LogP contribution in [0.1, 0.15) is 32.2 Å². The van der Waals surface area contributed by atoms with Gasteiger partial charge < -0.3 is 4.74 Å². The lowest BCUT2D eigenvalue weighted by atomic mass is 10.2. The number of ether oxygens (including phenoxy) is 1. The molecule has 0 spiro atoms. The van der Waals surface area contributed by atoms with Gasteiger partial charge in [0, 0.05) is 16.3 Å². The summed E-state index contributed by atoms with van der Waals surface area (Å²) in [5.74, 6) is 0. The molecule has 4 nitrogen and oxygen atoms in total. The first-order valence-electron chi connectivity index (χ1n) is 5.37. The molecule has 0 unspecified atom stereocenters. The number of nitrogens with one attached hydrogen (secondary N) is 1. The summed E-state index contributed by atoms with van der Waals surface area (Å²) in [7, 11) is 0. The van der Waals surface area contributed by atoms with Crippen molar-refractivity contribution in [1.82, 2.24) is 9.71 Å². The molecule has 0 aromatic carbocycles. The van der Waals surface area contributed by atoms with E-state index in [1.165, 1.54) is 11.9 Å². The van der Waals surface area contributed by atoms with E-state index < -0.39 is 11.7 Å². The minimum absolute atomic E-state index is 0.436. The molecule has 1 N–H and O–H groups in total. The molecule has 1 aromatic rings. The third-order valence-electron chi connectivity index (χ3n) is 1.71. The average molecular weight is 254 g/mol. The molecule has 0 aliphatic heterocycles. The molecule has 1 aromatic heterocycles. The van der Waals surface area contributed by atoms with Gasteiger partial charge in [-0.1, -0.05) is 0 Å². The van der Waals surface area contributed by atoms with E-state index in [9.17, 15) is 4.79 Å². The minimum Gasteiger partial charge on any atom is -0.443 e. The molecule has 0 aliphatic rings. The van der Waals surface area contributed by atoms with Crippen LogP contribution in [-0.2, 0) is 4.74 Å². The maximum atomic E-state index is 11.4. The number of pyridine rings is 1. The van der Waals surface area contributed by atoms with Crippen molar-refractivity contribution >= 4 is 18.0 Å². The van der Waals surface area contributed by atoms with Gasteiger partial charge in [-0.3, -0.25) is 9.71 Å². The van der Waals surface area contributed by atoms with Crippen molar-refractivity contribution in [2.45, 2.75) is 45.1 Å². The van der Waals surface area contributed by atoms with Crippen molar-refractivity contribution < 1.29 is 9.53 Å². The van der Waals surface area contributed by atoms with Crippen LogP contribution < -0.4 is 4.72 Å². The van der Waals surface area contributed by atoms with Crippen LogP contribution in [-0.4, -0.2) is 16.7 Å². The van der Waals surface area contributed by atoms with Gasteiger partial charge in [0.05, 0.1) is 0 Å². The predicted octanol–water partition coefficient (Wildman–Crippen LogP) is 3.23. The third kappa shape index (κ3) is 5.58. The molecule has 1 heterocycles. The quantitative estimate of drug-likeness (QED) is 0.823. The highest BCUT2D eigenvalue weighted by Crippen LogP contribution is 2.17. The van der Waals surface area contributed by atoms with Crippen LogP contribution in [0.25, 0.3) is 0 Å². The number of rotatable bonds is 2. The Morgan fingerprint density at radius 1 is 1.29 bits per heavy atom. The van der Waals surface area contributed by atoms with Crippen LogP contribution in [0.3, 0.4) is 0 Å². The number of aromatic nitrogens is 1. The molecule has 94 valence electrons. The Morgan fingerprint density at radius 3 is 2.29 bits per heavy atom. The Hall–Kier alpha value is -1.23. The van der Waals surface area contributed by atoms with Crippen LogP contribution in [0.2, 0.25) is 0 Å². The Bertz CT molecular complexity index is 393. The molecule has 17 heavy (non-hydrogen) atoms. The third-order valence-corrected chi connectivity index (χ3v) is 2.45. The van der Waals surface area contributed by atoms with E-state index in [4.69, 9.17) is 4.74 Å². The van der Waals surface area contributed by atoms with E-state index in [0.717, 1.165) is 16.3 Å². The summed E-state index contributed by atoms with van der Waals surface area (Å²) in [6.45, 7) is 9.34. The number of aryl methyl sites for hydroxylation is 2. The lowest BCUT2D eigenvalue weighted by Crippen LogP contribution is -2.29. The zero-order chi connectivity index (χ0) is 13.1. The summed E-state index contributed by atoms with van der Waals surface area (Å²) in [5, 5.41) is 0. The van der Waals surface area contributed by atoms with Crippen molar-refractivity contribution in [1.29, 1.82) is 0 Å². The van der Waals surface area contributed by atoms with E-state index in [1.807, 2.05) is 46.8 Å². The molecule has 0 saturated heterocycles. The highest BCUT2D eigenvalue weighted by Gasteiger charge is 2.16. The maximum Gasteiger partial charge on any atom is 0.418 e. The Morgan fingerprint density at radius 2 is 1.82 bits per heavy atom. The second-order valence-corrected chi connectivity index (χ2v) is 5.67. The lowest BCUT2D eigenvalue weighted by Gasteiger charge is -2.19. The smallest absolute Gasteiger partial charge is 0.418 e. The predicted molar refractivity (Wildman–Crippen MR) is 68.9 cm³/mol. The van der Waals surface area contributed by atoms with E-state index in [2.05, 4.69) is 9.71 Å². The molecular weight excluding hydrogens is 236 g/mol. The summed E-state index contributed by atoms with van der Waals surface area (Å²) in [5.41, 5.74) is 1.38. The molecule has 5 heteroatoms. The molecule has 0 atom stereocenters. The molecule has 0 aliphatic carbocycles. The first-order chi connectivity index (χ1) is 7.76. The lowest BCUT2D eigenvalue weighted by molar-refractivity contribution is 0.0574. The maximum absolute atomic E-state index is 11.4. The van der Waals surface area contributed by atoms with Crippen molar-refractivity contribution in [3.63, 3.8) is 0 Å². The monoisotopic (exact) mass is 254 g/mol. The number of carbonyl (C=O) groups excluding carboxylic acids is 1. The molecular formula is C12H18N2O2S. The number of hydrogen-bond acceptors (Lipinski definition) is 4. The van der Waals surface area contributed by atoms with Gasteiger partial charge in [-0.2, -0.15) is 0 Å². The van der Waals surface area contributed by atoms with E-state index in [1.54, 1.807) is 0 Å². The van der Waals surface area contributed by atoms with Crippen LogP contribution in [0.5, 0.6) is 0 Å². The normalized spacial score (nSPS) is 11.1. The summed E-state index contributed by atoms with van der Waals surface area (Å²) in [4.78, 5) is 16.6. The van der Waals surface area contributed by atoms with Crippen LogP contribution in [0.15, 0.2) is 17.0 Å². The summed E-state index contributed by atoms with van der Waals surface area (Å²) in [6.07, 6.45) is -0.436. The molecule has 0 bridgehead atoms. The first-order valence-corrected chi connectivity index (χ1v) is 6.19. The van der Waals surface area contributed by atoms with E-state index in [-0.39, 0.29) is 0 Å². The van der Waals surface area contributed by atoms with Crippen molar-refractivity contribution in [2.24, 2.45) is 0 Å². The van der Waals surface area contributed by atoms with E-state index in [0.29, 0.717) is 0 Å². The average Bonchev–Trinajstić information content (AvgIpc) is 2.10. The van der Waals surface area contributed by atoms with Gasteiger partial charge >= 0.3 is 6.09 Å². The fourth-order valence-corrected chi connectivity index (χ4v) is 1.96. The van der Waals surface area contributed by atoms with Crippen LogP contribution >= 0.6 is 11.9 Å². The second kappa shape index (κ2) is 5.40. The summed E-state index contributed by atoms with van der Waals surface area (Å²) < 4.78 is 7.77. The van der Waals surface area contributed by atoms with Gasteiger partial charge in [-0.15, -0.1) is 0 Å². The Balaban J connectivity index is 2.53. The molecule has 1 amide bonds. The molecule has 0 saturated carbocycles. The SMILES string of the molecule is Cc1cc(SNC(=O)OC(C)(C)C)cc(C)n1. The van der Waals surface area contributed by atoms with Gasteiger partial charge in [0.1, 0.15) is 5.60 Å². The highest BCUT2D eigenvalue weighted by molar-refractivity contribution is 7.98. The zero-order valence-electron chi connectivity index (χ0n) is 10.8. The Labute approximate surface area is 106 Å². The number of carbonyl (C=O) groups is 1. The topological polar surface area (TPSA) is 51.2 Å². The largest absolute Gasteiger partial charge is 0.443 e. The van der Waals surface area contributed by atoms with E-state index >= 15 is 0 Å². The van der Waals surface area contributed by atoms with Gasteiger partial charge in [-0.25, -0.2) is 4.79 Å². The highest BCUT2D eigenvalue weighted by atomic mass is 32.2. The van der Waals surface area contributed by atoms with Crippen molar-refractivity contribution in [2.75, 3.05) is 0 Å². The molecule has 1 rings (SSSR count).